The molecule has 0 unspecified atom stereocenters. The lowest BCUT2D eigenvalue weighted by Gasteiger charge is -2.26. The van der Waals surface area contributed by atoms with Crippen molar-refractivity contribution < 1.29 is 4.39 Å². The second-order valence-electron chi connectivity index (χ2n) is 5.33. The largest absolute Gasteiger partial charge is 0.397 e. The molecular weight excluding hydrogens is 289 g/mol. The molecule has 110 valence electrons. The quantitative estimate of drug-likeness (QED) is 0.792. The molecule has 0 fully saturated rings. The highest BCUT2D eigenvalue weighted by atomic mass is 35.5. The fourth-order valence-electron chi connectivity index (χ4n) is 2.87. The Morgan fingerprint density at radius 3 is 2.57 bits per heavy atom. The predicted molar refractivity (Wildman–Crippen MR) is 86.0 cm³/mol. The van der Waals surface area contributed by atoms with Crippen molar-refractivity contribution in [3.63, 3.8) is 0 Å². The van der Waals surface area contributed by atoms with Crippen LogP contribution in [-0.4, -0.2) is 6.54 Å². The van der Waals surface area contributed by atoms with Gasteiger partial charge in [0.25, 0.3) is 0 Å². The number of benzene rings is 2. The zero-order valence-corrected chi connectivity index (χ0v) is 12.3. The summed E-state index contributed by atoms with van der Waals surface area (Å²) in [5.74, 6) is -0.534. The van der Waals surface area contributed by atoms with Crippen molar-refractivity contribution in [3.05, 3.63) is 52.3 Å². The van der Waals surface area contributed by atoms with Gasteiger partial charge in [0.1, 0.15) is 5.02 Å². The Bertz CT molecular complexity index is 687. The summed E-state index contributed by atoms with van der Waals surface area (Å²) in [6.07, 6.45) is 1.93. The van der Waals surface area contributed by atoms with Crippen molar-refractivity contribution in [2.45, 2.75) is 19.4 Å². The third-order valence-corrected chi connectivity index (χ3v) is 4.29. The zero-order chi connectivity index (χ0) is 15.0. The van der Waals surface area contributed by atoms with Crippen molar-refractivity contribution in [2.24, 2.45) is 0 Å². The molecular formula is C16H17ClFN3. The molecule has 0 spiro atoms. The van der Waals surface area contributed by atoms with E-state index < -0.39 is 5.82 Å². The van der Waals surface area contributed by atoms with Crippen LogP contribution in [0.1, 0.15) is 17.5 Å². The number of rotatable bonds is 1. The van der Waals surface area contributed by atoms with Gasteiger partial charge in [-0.2, -0.15) is 0 Å². The van der Waals surface area contributed by atoms with Gasteiger partial charge in [-0.25, -0.2) is 4.39 Å². The molecule has 1 aliphatic heterocycles. The number of nitrogens with two attached hydrogens (primary N) is 2. The highest BCUT2D eigenvalue weighted by Gasteiger charge is 2.22. The summed E-state index contributed by atoms with van der Waals surface area (Å²) >= 11 is 5.93. The molecule has 0 aliphatic carbocycles. The van der Waals surface area contributed by atoms with E-state index in [0.29, 0.717) is 17.9 Å². The Labute approximate surface area is 128 Å². The van der Waals surface area contributed by atoms with Gasteiger partial charge >= 0.3 is 0 Å². The van der Waals surface area contributed by atoms with Crippen LogP contribution in [0.15, 0.2) is 30.3 Å². The molecule has 2 aromatic rings. The summed E-state index contributed by atoms with van der Waals surface area (Å²) in [4.78, 5) is 1.95. The van der Waals surface area contributed by atoms with E-state index in [9.17, 15) is 4.39 Å². The maximum absolute atomic E-state index is 14.5. The van der Waals surface area contributed by atoms with Gasteiger partial charge in [-0.1, -0.05) is 35.9 Å². The smallest absolute Gasteiger partial charge is 0.169 e. The Kier molecular flexibility index (Phi) is 3.64. The average molecular weight is 306 g/mol. The Balaban J connectivity index is 2.04. The number of aryl methyl sites for hydroxylation is 1. The summed E-state index contributed by atoms with van der Waals surface area (Å²) in [5.41, 5.74) is 15.0. The zero-order valence-electron chi connectivity index (χ0n) is 11.6. The van der Waals surface area contributed by atoms with Gasteiger partial charge < -0.3 is 16.4 Å². The molecule has 0 bridgehead atoms. The van der Waals surface area contributed by atoms with E-state index in [1.807, 2.05) is 17.0 Å². The number of hydrogen-bond donors (Lipinski definition) is 2. The normalized spacial score (nSPS) is 14.7. The maximum atomic E-state index is 14.5. The average Bonchev–Trinajstić information content (AvgIpc) is 2.67. The molecule has 5 heteroatoms. The van der Waals surface area contributed by atoms with E-state index in [1.165, 1.54) is 17.2 Å². The third-order valence-electron chi connectivity index (χ3n) is 3.91. The van der Waals surface area contributed by atoms with Gasteiger partial charge in [0.2, 0.25) is 0 Å². The van der Waals surface area contributed by atoms with Crippen LogP contribution in [0.3, 0.4) is 0 Å². The molecule has 2 aromatic carbocycles. The van der Waals surface area contributed by atoms with Gasteiger partial charge in [-0.3, -0.25) is 0 Å². The summed E-state index contributed by atoms with van der Waals surface area (Å²) < 4.78 is 14.5. The minimum Gasteiger partial charge on any atom is -0.397 e. The Morgan fingerprint density at radius 1 is 1.10 bits per heavy atom. The van der Waals surface area contributed by atoms with Gasteiger partial charge in [0.05, 0.1) is 17.1 Å². The molecule has 1 aliphatic rings. The maximum Gasteiger partial charge on any atom is 0.169 e. The number of nitrogens with zero attached hydrogens (tertiary/aromatic N) is 1. The van der Waals surface area contributed by atoms with Crippen LogP contribution >= 0.6 is 11.6 Å². The minimum atomic E-state index is -0.534. The SMILES string of the molecule is Nc1cc(N)c(N2CCCc3ccccc3C2)c(F)c1Cl. The van der Waals surface area contributed by atoms with Crippen LogP contribution in [-0.2, 0) is 13.0 Å². The van der Waals surface area contributed by atoms with E-state index in [4.69, 9.17) is 23.1 Å². The number of nitrogen functional groups attached to an aromatic ring is 2. The molecule has 3 rings (SSSR count). The van der Waals surface area contributed by atoms with Crippen LogP contribution in [0.25, 0.3) is 0 Å². The number of anilines is 3. The van der Waals surface area contributed by atoms with Crippen LogP contribution in [0.5, 0.6) is 0 Å². The first-order valence-corrected chi connectivity index (χ1v) is 7.30. The van der Waals surface area contributed by atoms with Gasteiger partial charge in [0.15, 0.2) is 5.82 Å². The van der Waals surface area contributed by atoms with Crippen molar-refractivity contribution in [1.82, 2.24) is 0 Å². The minimum absolute atomic E-state index is 0.0586. The van der Waals surface area contributed by atoms with Crippen LogP contribution in [0, 0.1) is 5.82 Å². The standard InChI is InChI=1S/C16H17ClFN3/c17-14-12(19)8-13(20)16(15(14)18)21-7-3-6-10-4-1-2-5-11(10)9-21/h1-2,4-5,8H,3,6-7,9,19-20H2. The predicted octanol–water partition coefficient (Wildman–Crippen LogP) is 3.60. The summed E-state index contributed by atoms with van der Waals surface area (Å²) in [6.45, 7) is 1.35. The summed E-state index contributed by atoms with van der Waals surface area (Å²) in [7, 11) is 0. The molecule has 21 heavy (non-hydrogen) atoms. The Hall–Kier alpha value is -1.94. The van der Waals surface area contributed by atoms with E-state index >= 15 is 0 Å². The van der Waals surface area contributed by atoms with Crippen molar-refractivity contribution in [1.29, 1.82) is 0 Å². The second-order valence-corrected chi connectivity index (χ2v) is 5.70. The third kappa shape index (κ3) is 2.51. The van der Waals surface area contributed by atoms with E-state index in [0.717, 1.165) is 19.4 Å². The molecule has 0 saturated heterocycles. The van der Waals surface area contributed by atoms with E-state index in [-0.39, 0.29) is 10.7 Å². The molecule has 4 N–H and O–H groups in total. The van der Waals surface area contributed by atoms with Crippen molar-refractivity contribution >= 4 is 28.7 Å². The lowest BCUT2D eigenvalue weighted by atomic mass is 10.0. The number of fused-ring (bicyclic) bond motifs is 1. The van der Waals surface area contributed by atoms with Crippen molar-refractivity contribution in [3.8, 4) is 0 Å². The molecule has 0 radical (unpaired) electrons. The molecule has 0 saturated carbocycles. The lowest BCUT2D eigenvalue weighted by Crippen LogP contribution is -2.25. The van der Waals surface area contributed by atoms with E-state index in [2.05, 4.69) is 12.1 Å². The first-order valence-electron chi connectivity index (χ1n) is 6.92. The second kappa shape index (κ2) is 5.45. The molecule has 3 nitrogen and oxygen atoms in total. The van der Waals surface area contributed by atoms with Gasteiger partial charge in [0, 0.05) is 13.1 Å². The topological polar surface area (TPSA) is 55.3 Å². The summed E-state index contributed by atoms with van der Waals surface area (Å²) in [6, 6.07) is 9.74. The molecule has 0 atom stereocenters. The van der Waals surface area contributed by atoms with Gasteiger partial charge in [-0.05, 0) is 30.0 Å². The van der Waals surface area contributed by atoms with Crippen molar-refractivity contribution in [2.75, 3.05) is 22.9 Å². The fourth-order valence-corrected chi connectivity index (χ4v) is 3.01. The monoisotopic (exact) mass is 305 g/mol. The highest BCUT2D eigenvalue weighted by molar-refractivity contribution is 6.33. The fraction of sp³-hybridized carbons (Fsp3) is 0.250. The molecule has 0 amide bonds. The van der Waals surface area contributed by atoms with Crippen LogP contribution in [0.2, 0.25) is 5.02 Å². The van der Waals surface area contributed by atoms with Crippen LogP contribution in [0.4, 0.5) is 21.5 Å². The first-order chi connectivity index (χ1) is 10.1. The molecule has 1 heterocycles. The first kappa shape index (κ1) is 14.0. The number of halogens is 2. The Morgan fingerprint density at radius 2 is 1.81 bits per heavy atom. The molecule has 0 aromatic heterocycles. The summed E-state index contributed by atoms with van der Waals surface area (Å²) in [5, 5.41) is -0.0586. The van der Waals surface area contributed by atoms with E-state index in [1.54, 1.807) is 0 Å². The number of hydrogen-bond acceptors (Lipinski definition) is 3. The van der Waals surface area contributed by atoms with Gasteiger partial charge in [-0.15, -0.1) is 0 Å². The lowest BCUT2D eigenvalue weighted by molar-refractivity contribution is 0.617. The van der Waals surface area contributed by atoms with Crippen LogP contribution < -0.4 is 16.4 Å². The highest BCUT2D eigenvalue weighted by Crippen LogP contribution is 2.37.